The van der Waals surface area contributed by atoms with E-state index in [0.29, 0.717) is 5.92 Å². The monoisotopic (exact) mass is 291 g/mol. The second-order valence-corrected chi connectivity index (χ2v) is 6.34. The summed E-state index contributed by atoms with van der Waals surface area (Å²) in [6.07, 6.45) is 2.64. The van der Waals surface area contributed by atoms with Gasteiger partial charge in [-0.1, -0.05) is 26.0 Å². The molecule has 0 aromatic heterocycles. The summed E-state index contributed by atoms with van der Waals surface area (Å²) >= 11 is 0. The largest absolute Gasteiger partial charge is 0.508 e. The second-order valence-electron chi connectivity index (χ2n) is 6.34. The Morgan fingerprint density at radius 1 is 1.43 bits per heavy atom. The number of amides is 1. The van der Waals surface area contributed by atoms with Gasteiger partial charge in [-0.05, 0) is 42.9 Å². The van der Waals surface area contributed by atoms with Gasteiger partial charge < -0.3 is 15.2 Å². The van der Waals surface area contributed by atoms with Crippen molar-refractivity contribution in [3.8, 4) is 5.75 Å². The van der Waals surface area contributed by atoms with Crippen LogP contribution in [0.5, 0.6) is 5.75 Å². The molecule has 0 saturated carbocycles. The van der Waals surface area contributed by atoms with Gasteiger partial charge in [0.05, 0.1) is 12.2 Å². The van der Waals surface area contributed by atoms with Gasteiger partial charge in [0, 0.05) is 13.0 Å². The number of aromatic hydroxyl groups is 1. The van der Waals surface area contributed by atoms with Crippen molar-refractivity contribution < 1.29 is 14.6 Å². The first-order chi connectivity index (χ1) is 9.94. The Kier molecular flexibility index (Phi) is 5.23. The standard InChI is InChI=1S/C17H25NO3/c1-11(2)7-16-9-14(18-12(3)19)10-17(21-16)13-5-4-6-15(20)8-13/h4-6,8,11,14,16-17,20H,7,9-10H2,1-3H3,(H,18,19)/t14-,16+,17+/m1/s1. The van der Waals surface area contributed by atoms with E-state index in [9.17, 15) is 9.90 Å². The lowest BCUT2D eigenvalue weighted by Gasteiger charge is -2.36. The van der Waals surface area contributed by atoms with E-state index in [0.717, 1.165) is 24.8 Å². The van der Waals surface area contributed by atoms with Crippen LogP contribution in [0.15, 0.2) is 24.3 Å². The van der Waals surface area contributed by atoms with Crippen molar-refractivity contribution in [1.29, 1.82) is 0 Å². The fourth-order valence-electron chi connectivity index (χ4n) is 3.04. The lowest BCUT2D eigenvalue weighted by atomic mass is 9.90. The van der Waals surface area contributed by atoms with Gasteiger partial charge in [0.15, 0.2) is 0 Å². The molecule has 0 radical (unpaired) electrons. The zero-order valence-corrected chi connectivity index (χ0v) is 13.0. The summed E-state index contributed by atoms with van der Waals surface area (Å²) in [6, 6.07) is 7.32. The Morgan fingerprint density at radius 2 is 2.19 bits per heavy atom. The zero-order chi connectivity index (χ0) is 15.4. The van der Waals surface area contributed by atoms with Crippen molar-refractivity contribution in [2.75, 3.05) is 0 Å². The molecular formula is C17H25NO3. The number of benzene rings is 1. The molecule has 1 aliphatic rings. The van der Waals surface area contributed by atoms with Crippen LogP contribution >= 0.6 is 0 Å². The smallest absolute Gasteiger partial charge is 0.217 e. The molecule has 2 N–H and O–H groups in total. The van der Waals surface area contributed by atoms with Gasteiger partial charge >= 0.3 is 0 Å². The van der Waals surface area contributed by atoms with Gasteiger partial charge in [0.25, 0.3) is 0 Å². The Balaban J connectivity index is 2.13. The molecule has 4 heteroatoms. The topological polar surface area (TPSA) is 58.6 Å². The van der Waals surface area contributed by atoms with Crippen molar-refractivity contribution in [2.45, 2.75) is 58.3 Å². The van der Waals surface area contributed by atoms with Crippen LogP contribution in [-0.2, 0) is 9.53 Å². The van der Waals surface area contributed by atoms with Crippen LogP contribution < -0.4 is 5.32 Å². The maximum Gasteiger partial charge on any atom is 0.217 e. The number of ether oxygens (including phenoxy) is 1. The normalized spacial score (nSPS) is 25.8. The van der Waals surface area contributed by atoms with Crippen LogP contribution in [0.1, 0.15) is 51.7 Å². The van der Waals surface area contributed by atoms with E-state index in [2.05, 4.69) is 19.2 Å². The fourth-order valence-corrected chi connectivity index (χ4v) is 3.04. The molecule has 1 heterocycles. The molecular weight excluding hydrogens is 266 g/mol. The molecule has 1 aromatic carbocycles. The third-order valence-corrected chi connectivity index (χ3v) is 3.79. The minimum atomic E-state index is -0.0774. The van der Waals surface area contributed by atoms with Crippen molar-refractivity contribution in [3.05, 3.63) is 29.8 Å². The van der Waals surface area contributed by atoms with Gasteiger partial charge in [-0.25, -0.2) is 0 Å². The Bertz CT molecular complexity index is 487. The summed E-state index contributed by atoms with van der Waals surface area (Å²) in [5.74, 6) is 0.800. The average molecular weight is 291 g/mol. The molecule has 1 aromatic rings. The summed E-state index contributed by atoms with van der Waals surface area (Å²) in [6.45, 7) is 5.90. The van der Waals surface area contributed by atoms with Gasteiger partial charge in [-0.15, -0.1) is 0 Å². The highest BCUT2D eigenvalue weighted by Crippen LogP contribution is 2.34. The Morgan fingerprint density at radius 3 is 2.81 bits per heavy atom. The summed E-state index contributed by atoms with van der Waals surface area (Å²) in [7, 11) is 0. The van der Waals surface area contributed by atoms with Crippen LogP contribution in [-0.4, -0.2) is 23.2 Å². The molecule has 1 saturated heterocycles. The maximum atomic E-state index is 11.3. The number of hydrogen-bond acceptors (Lipinski definition) is 3. The first kappa shape index (κ1) is 15.8. The first-order valence-electron chi connectivity index (χ1n) is 7.65. The van der Waals surface area contributed by atoms with Crippen LogP contribution in [0, 0.1) is 5.92 Å². The third-order valence-electron chi connectivity index (χ3n) is 3.79. The lowest BCUT2D eigenvalue weighted by Crippen LogP contribution is -2.42. The van der Waals surface area contributed by atoms with E-state index >= 15 is 0 Å². The molecule has 0 aliphatic carbocycles. The predicted molar refractivity (Wildman–Crippen MR) is 82.0 cm³/mol. The maximum absolute atomic E-state index is 11.3. The summed E-state index contributed by atoms with van der Waals surface area (Å²) < 4.78 is 6.19. The molecule has 0 bridgehead atoms. The molecule has 1 aliphatic heterocycles. The SMILES string of the molecule is CC(=O)N[C@@H]1C[C@H](CC(C)C)O[C@H](c2cccc(O)c2)C1. The minimum absolute atomic E-state index is 0.000133. The first-order valence-corrected chi connectivity index (χ1v) is 7.65. The fraction of sp³-hybridized carbons (Fsp3) is 0.588. The quantitative estimate of drug-likeness (QED) is 0.896. The van der Waals surface area contributed by atoms with Gasteiger partial charge in [0.2, 0.25) is 5.91 Å². The lowest BCUT2D eigenvalue weighted by molar-refractivity contribution is -0.122. The summed E-state index contributed by atoms with van der Waals surface area (Å²) in [5.41, 5.74) is 0.971. The van der Waals surface area contributed by atoms with E-state index in [1.807, 2.05) is 12.1 Å². The zero-order valence-electron chi connectivity index (χ0n) is 13.0. The molecule has 0 unspecified atom stereocenters. The van der Waals surface area contributed by atoms with E-state index < -0.39 is 0 Å². The summed E-state index contributed by atoms with van der Waals surface area (Å²) in [5, 5.41) is 12.7. The van der Waals surface area contributed by atoms with Gasteiger partial charge in [-0.2, -0.15) is 0 Å². The van der Waals surface area contributed by atoms with Crippen molar-refractivity contribution in [1.82, 2.24) is 5.32 Å². The van der Waals surface area contributed by atoms with E-state index in [1.54, 1.807) is 19.1 Å². The van der Waals surface area contributed by atoms with Crippen molar-refractivity contribution >= 4 is 5.91 Å². The van der Waals surface area contributed by atoms with Crippen LogP contribution in [0.25, 0.3) is 0 Å². The van der Waals surface area contributed by atoms with Crippen LogP contribution in [0.4, 0.5) is 0 Å². The molecule has 4 nitrogen and oxygen atoms in total. The number of carbonyl (C=O) groups is 1. The molecule has 21 heavy (non-hydrogen) atoms. The van der Waals surface area contributed by atoms with Crippen LogP contribution in [0.3, 0.4) is 0 Å². The third kappa shape index (κ3) is 4.74. The molecule has 116 valence electrons. The van der Waals surface area contributed by atoms with Crippen molar-refractivity contribution in [3.63, 3.8) is 0 Å². The number of phenols is 1. The molecule has 0 spiro atoms. The summed E-state index contributed by atoms with van der Waals surface area (Å²) in [4.78, 5) is 11.3. The van der Waals surface area contributed by atoms with E-state index in [4.69, 9.17) is 4.74 Å². The van der Waals surface area contributed by atoms with Gasteiger partial charge in [0.1, 0.15) is 5.75 Å². The number of hydrogen-bond donors (Lipinski definition) is 2. The highest BCUT2D eigenvalue weighted by molar-refractivity contribution is 5.73. The second kappa shape index (κ2) is 6.94. The molecule has 3 atom stereocenters. The van der Waals surface area contributed by atoms with Crippen molar-refractivity contribution in [2.24, 2.45) is 5.92 Å². The van der Waals surface area contributed by atoms with Crippen LogP contribution in [0.2, 0.25) is 0 Å². The average Bonchev–Trinajstić information content (AvgIpc) is 2.36. The predicted octanol–water partition coefficient (Wildman–Crippen LogP) is 3.16. The highest BCUT2D eigenvalue weighted by Gasteiger charge is 2.31. The Labute approximate surface area is 126 Å². The molecule has 1 fully saturated rings. The van der Waals surface area contributed by atoms with E-state index in [-0.39, 0.29) is 29.9 Å². The van der Waals surface area contributed by atoms with Gasteiger partial charge in [-0.3, -0.25) is 4.79 Å². The minimum Gasteiger partial charge on any atom is -0.508 e. The van der Waals surface area contributed by atoms with E-state index in [1.165, 1.54) is 0 Å². The number of carbonyl (C=O) groups excluding carboxylic acids is 1. The number of rotatable bonds is 4. The molecule has 1 amide bonds. The molecule has 2 rings (SSSR count). The highest BCUT2D eigenvalue weighted by atomic mass is 16.5. The number of nitrogens with one attached hydrogen (secondary N) is 1. The number of phenolic OH excluding ortho intramolecular Hbond substituents is 1. The Hall–Kier alpha value is -1.55.